The van der Waals surface area contributed by atoms with Crippen molar-refractivity contribution in [2.24, 2.45) is 0 Å². The number of hydrogen-bond acceptors (Lipinski definition) is 6. The van der Waals surface area contributed by atoms with Crippen molar-refractivity contribution in [3.8, 4) is 0 Å². The Balaban J connectivity index is 0.000000186. The van der Waals surface area contributed by atoms with Crippen LogP contribution < -0.4 is 5.32 Å². The van der Waals surface area contributed by atoms with Gasteiger partial charge in [0, 0.05) is 12.4 Å². The van der Waals surface area contributed by atoms with Crippen molar-refractivity contribution < 1.29 is 9.59 Å². The summed E-state index contributed by atoms with van der Waals surface area (Å²) >= 11 is 2.72. The topological polar surface area (TPSA) is 72.0 Å². The number of hydrogen-bond donors (Lipinski definition) is 1. The molecule has 2 amide bonds. The number of unbranched alkanes of at least 4 members (excludes halogenated alkanes) is 1. The number of carbonyl (C=O) groups excluding carboxylic acids is 2. The number of carbonyl (C=O) groups is 2. The van der Waals surface area contributed by atoms with E-state index in [1.54, 1.807) is 24.4 Å². The van der Waals surface area contributed by atoms with Gasteiger partial charge < -0.3 is 0 Å². The van der Waals surface area contributed by atoms with Crippen LogP contribution in [0.4, 0.5) is 4.79 Å². The van der Waals surface area contributed by atoms with Gasteiger partial charge in [0.2, 0.25) is 0 Å². The molecule has 130 valence electrons. The highest BCUT2D eigenvalue weighted by Gasteiger charge is 2.24. The molecular formula is C18H19N3O2S2. The van der Waals surface area contributed by atoms with Gasteiger partial charge in [-0.05, 0) is 54.3 Å². The molecule has 0 saturated carbocycles. The fourth-order valence-electron chi connectivity index (χ4n) is 1.77. The lowest BCUT2D eigenvalue weighted by Gasteiger charge is -1.96. The smallest absolute Gasteiger partial charge is 0.282 e. The van der Waals surface area contributed by atoms with E-state index in [1.165, 1.54) is 18.6 Å². The zero-order valence-corrected chi connectivity index (χ0v) is 15.5. The SMILES string of the molecule is CCCCSc1ccccn1.O=C1NC(=O)C(=Cc2ccccn2)S1. The first-order chi connectivity index (χ1) is 12.2. The van der Waals surface area contributed by atoms with Crippen LogP contribution >= 0.6 is 23.5 Å². The third-order valence-corrected chi connectivity index (χ3v) is 4.84. The second-order valence-electron chi connectivity index (χ2n) is 4.98. The summed E-state index contributed by atoms with van der Waals surface area (Å²) in [5.41, 5.74) is 0.667. The molecular weight excluding hydrogens is 354 g/mol. The van der Waals surface area contributed by atoms with E-state index >= 15 is 0 Å². The van der Waals surface area contributed by atoms with Crippen LogP contribution in [-0.4, -0.2) is 26.9 Å². The first-order valence-electron chi connectivity index (χ1n) is 7.88. The van der Waals surface area contributed by atoms with Crippen LogP contribution in [0.25, 0.3) is 6.08 Å². The third kappa shape index (κ3) is 7.11. The molecule has 1 saturated heterocycles. The number of pyridine rings is 2. The summed E-state index contributed by atoms with van der Waals surface area (Å²) in [6, 6.07) is 11.4. The minimum Gasteiger partial charge on any atom is -0.282 e. The van der Waals surface area contributed by atoms with Gasteiger partial charge in [-0.3, -0.25) is 19.9 Å². The number of imide groups is 1. The molecule has 0 radical (unpaired) electrons. The standard InChI is InChI=1S/C9H6N2O2S.C9H13NS/c12-8-7(14-9(13)11-8)5-6-3-1-2-4-10-6;1-2-3-8-11-9-6-4-5-7-10-9/h1-5H,(H,11,12,13);4-7H,2-3,8H2,1H3. The number of amides is 2. The highest BCUT2D eigenvalue weighted by Crippen LogP contribution is 2.24. The van der Waals surface area contributed by atoms with Crippen molar-refractivity contribution in [1.82, 2.24) is 15.3 Å². The predicted molar refractivity (Wildman–Crippen MR) is 103 cm³/mol. The number of thioether (sulfide) groups is 2. The summed E-state index contributed by atoms with van der Waals surface area (Å²) in [6.07, 6.45) is 7.60. The molecule has 1 N–H and O–H groups in total. The van der Waals surface area contributed by atoms with Crippen LogP contribution in [0, 0.1) is 0 Å². The number of rotatable bonds is 5. The maximum Gasteiger partial charge on any atom is 0.290 e. The van der Waals surface area contributed by atoms with Crippen LogP contribution in [0.5, 0.6) is 0 Å². The zero-order chi connectivity index (χ0) is 17.9. The Morgan fingerprint density at radius 2 is 1.88 bits per heavy atom. The Kier molecular flexibility index (Phi) is 8.21. The Labute approximate surface area is 155 Å². The van der Waals surface area contributed by atoms with E-state index in [0.717, 1.165) is 16.8 Å². The van der Waals surface area contributed by atoms with Crippen LogP contribution in [-0.2, 0) is 4.79 Å². The Hall–Kier alpha value is -2.12. The van der Waals surface area contributed by atoms with Crippen molar-refractivity contribution in [2.75, 3.05) is 5.75 Å². The molecule has 3 heterocycles. The van der Waals surface area contributed by atoms with E-state index in [0.29, 0.717) is 10.6 Å². The van der Waals surface area contributed by atoms with Gasteiger partial charge in [0.05, 0.1) is 15.6 Å². The average molecular weight is 374 g/mol. The molecule has 5 nitrogen and oxygen atoms in total. The maximum atomic E-state index is 11.1. The van der Waals surface area contributed by atoms with Crippen molar-refractivity contribution in [2.45, 2.75) is 24.8 Å². The molecule has 25 heavy (non-hydrogen) atoms. The molecule has 2 aromatic heterocycles. The van der Waals surface area contributed by atoms with E-state index < -0.39 is 0 Å². The van der Waals surface area contributed by atoms with Crippen LogP contribution in [0.15, 0.2) is 58.7 Å². The average Bonchev–Trinajstić information content (AvgIpc) is 2.95. The van der Waals surface area contributed by atoms with Gasteiger partial charge >= 0.3 is 0 Å². The summed E-state index contributed by atoms with van der Waals surface area (Å²) in [7, 11) is 0. The quantitative estimate of drug-likeness (QED) is 0.476. The van der Waals surface area contributed by atoms with Gasteiger partial charge in [0.1, 0.15) is 0 Å². The number of nitrogens with zero attached hydrogens (tertiary/aromatic N) is 2. The summed E-state index contributed by atoms with van der Waals surface area (Å²) in [5, 5.41) is 2.98. The minimum atomic E-state index is -0.356. The largest absolute Gasteiger partial charge is 0.290 e. The minimum absolute atomic E-state index is 0.336. The van der Waals surface area contributed by atoms with E-state index in [-0.39, 0.29) is 11.1 Å². The Morgan fingerprint density at radius 1 is 1.12 bits per heavy atom. The molecule has 0 bridgehead atoms. The number of nitrogens with one attached hydrogen (secondary N) is 1. The van der Waals surface area contributed by atoms with Crippen molar-refractivity contribution in [3.63, 3.8) is 0 Å². The second-order valence-corrected chi connectivity index (χ2v) is 7.11. The molecule has 0 atom stereocenters. The lowest BCUT2D eigenvalue weighted by atomic mass is 10.3. The summed E-state index contributed by atoms with van der Waals surface area (Å²) in [6.45, 7) is 2.21. The highest BCUT2D eigenvalue weighted by atomic mass is 32.2. The summed E-state index contributed by atoms with van der Waals surface area (Å²) in [5.74, 6) is 0.832. The molecule has 1 aliphatic rings. The normalized spacial score (nSPS) is 14.8. The molecule has 1 fully saturated rings. The third-order valence-electron chi connectivity index (χ3n) is 2.99. The molecule has 3 rings (SSSR count). The highest BCUT2D eigenvalue weighted by molar-refractivity contribution is 8.18. The van der Waals surface area contributed by atoms with Gasteiger partial charge in [0.15, 0.2) is 0 Å². The van der Waals surface area contributed by atoms with Crippen LogP contribution in [0.3, 0.4) is 0 Å². The van der Waals surface area contributed by atoms with E-state index in [2.05, 4.69) is 28.3 Å². The Morgan fingerprint density at radius 3 is 2.44 bits per heavy atom. The monoisotopic (exact) mass is 373 g/mol. The predicted octanol–water partition coefficient (Wildman–Crippen LogP) is 4.38. The van der Waals surface area contributed by atoms with Crippen molar-refractivity contribution >= 4 is 40.7 Å². The zero-order valence-electron chi connectivity index (χ0n) is 13.8. The molecule has 0 spiro atoms. The maximum absolute atomic E-state index is 11.1. The first-order valence-corrected chi connectivity index (χ1v) is 9.69. The van der Waals surface area contributed by atoms with Crippen molar-refractivity contribution in [1.29, 1.82) is 0 Å². The van der Waals surface area contributed by atoms with Gasteiger partial charge in [-0.1, -0.05) is 25.5 Å². The lowest BCUT2D eigenvalue weighted by molar-refractivity contribution is -0.115. The van der Waals surface area contributed by atoms with Gasteiger partial charge in [-0.15, -0.1) is 11.8 Å². The van der Waals surface area contributed by atoms with Gasteiger partial charge in [-0.25, -0.2) is 4.98 Å². The Bertz CT molecular complexity index is 722. The van der Waals surface area contributed by atoms with E-state index in [4.69, 9.17) is 0 Å². The van der Waals surface area contributed by atoms with Gasteiger partial charge in [0.25, 0.3) is 11.1 Å². The van der Waals surface area contributed by atoms with Crippen LogP contribution in [0.2, 0.25) is 0 Å². The van der Waals surface area contributed by atoms with E-state index in [9.17, 15) is 9.59 Å². The molecule has 2 aromatic rings. The van der Waals surface area contributed by atoms with E-state index in [1.807, 2.05) is 36.2 Å². The molecule has 0 aliphatic carbocycles. The van der Waals surface area contributed by atoms with Crippen LogP contribution in [0.1, 0.15) is 25.5 Å². The number of aromatic nitrogens is 2. The lowest BCUT2D eigenvalue weighted by Crippen LogP contribution is -2.17. The first kappa shape index (κ1) is 19.2. The molecule has 1 aliphatic heterocycles. The summed E-state index contributed by atoms with van der Waals surface area (Å²) < 4.78 is 0. The van der Waals surface area contributed by atoms with Crippen molar-refractivity contribution in [3.05, 3.63) is 59.4 Å². The molecule has 7 heteroatoms. The summed E-state index contributed by atoms with van der Waals surface area (Å²) in [4.78, 5) is 30.6. The molecule has 0 aromatic carbocycles. The fourth-order valence-corrected chi connectivity index (χ4v) is 3.39. The molecule has 0 unspecified atom stereocenters. The van der Waals surface area contributed by atoms with Gasteiger partial charge in [-0.2, -0.15) is 0 Å². The fraction of sp³-hybridized carbons (Fsp3) is 0.222. The second kappa shape index (κ2) is 10.7.